The molecule has 1 aliphatic rings. The maximum Gasteiger partial charge on any atom is 0.392 e. The summed E-state index contributed by atoms with van der Waals surface area (Å²) in [5, 5.41) is 8.09. The molecule has 1 fully saturated rings. The van der Waals surface area contributed by atoms with E-state index in [0.29, 0.717) is 0 Å². The molecule has 1 rings (SSSR count). The highest BCUT2D eigenvalue weighted by Gasteiger charge is 2.59. The number of carboxylic acid groups (broad SMARTS) is 1. The lowest BCUT2D eigenvalue weighted by molar-refractivity contribution is -0.160. The van der Waals surface area contributed by atoms with Crippen molar-refractivity contribution in [3.05, 3.63) is 0 Å². The van der Waals surface area contributed by atoms with Crippen molar-refractivity contribution in [1.29, 1.82) is 0 Å². The van der Waals surface area contributed by atoms with Crippen LogP contribution >= 0.6 is 0 Å². The van der Waals surface area contributed by atoms with Crippen molar-refractivity contribution >= 4 is 5.97 Å². The summed E-state index contributed by atoms with van der Waals surface area (Å²) in [6.07, 6.45) is -4.57. The number of hydrogen-bond acceptors (Lipinski definition) is 1. The monoisotopic (exact) mass is 154 g/mol. The first-order valence-corrected chi connectivity index (χ1v) is 2.72. The summed E-state index contributed by atoms with van der Waals surface area (Å²) in [6, 6.07) is 0. The van der Waals surface area contributed by atoms with E-state index in [2.05, 4.69) is 0 Å². The number of halogens is 3. The van der Waals surface area contributed by atoms with Crippen LogP contribution < -0.4 is 0 Å². The Morgan fingerprint density at radius 3 is 2.10 bits per heavy atom. The molecule has 10 heavy (non-hydrogen) atoms. The summed E-state index contributed by atoms with van der Waals surface area (Å²) in [4.78, 5) is 9.92. The van der Waals surface area contributed by atoms with Crippen molar-refractivity contribution in [2.75, 3.05) is 0 Å². The standard InChI is InChI=1S/C5H5F3O2/c6-5(7,8)3-1-2(3)4(9)10/h2-3H,1H2,(H,9,10)/t2-,3?/m1/s1. The molecule has 0 amide bonds. The molecule has 0 saturated heterocycles. The van der Waals surface area contributed by atoms with Gasteiger partial charge in [-0.3, -0.25) is 4.79 Å². The highest BCUT2D eigenvalue weighted by atomic mass is 19.4. The second kappa shape index (κ2) is 1.87. The Bertz CT molecular complexity index is 163. The minimum atomic E-state index is -4.32. The lowest BCUT2D eigenvalue weighted by Gasteiger charge is -2.01. The summed E-state index contributed by atoms with van der Waals surface area (Å²) in [5.74, 6) is -4.12. The molecule has 2 nitrogen and oxygen atoms in total. The maximum atomic E-state index is 11.6. The average molecular weight is 154 g/mol. The predicted octanol–water partition coefficient (Wildman–Crippen LogP) is 1.27. The number of hydrogen-bond donors (Lipinski definition) is 1. The van der Waals surface area contributed by atoms with Crippen LogP contribution in [0.4, 0.5) is 13.2 Å². The highest BCUT2D eigenvalue weighted by Crippen LogP contribution is 2.49. The van der Waals surface area contributed by atoms with Gasteiger partial charge in [-0.2, -0.15) is 13.2 Å². The molecular formula is C5H5F3O2. The van der Waals surface area contributed by atoms with Gasteiger partial charge >= 0.3 is 12.1 Å². The fraction of sp³-hybridized carbons (Fsp3) is 0.800. The van der Waals surface area contributed by atoms with Crippen LogP contribution in [0.2, 0.25) is 0 Å². The Labute approximate surface area is 54.6 Å². The minimum Gasteiger partial charge on any atom is -0.481 e. The Balaban J connectivity index is 2.46. The van der Waals surface area contributed by atoms with E-state index in [-0.39, 0.29) is 6.42 Å². The van der Waals surface area contributed by atoms with E-state index >= 15 is 0 Å². The Morgan fingerprint density at radius 1 is 1.50 bits per heavy atom. The summed E-state index contributed by atoms with van der Waals surface area (Å²) >= 11 is 0. The van der Waals surface area contributed by atoms with Crippen LogP contribution in [0.25, 0.3) is 0 Å². The van der Waals surface area contributed by atoms with Gasteiger partial charge in [0.1, 0.15) is 0 Å². The molecule has 0 spiro atoms. The van der Waals surface area contributed by atoms with Crippen molar-refractivity contribution in [3.63, 3.8) is 0 Å². The fourth-order valence-corrected chi connectivity index (χ4v) is 0.830. The van der Waals surface area contributed by atoms with Crippen LogP contribution in [0, 0.1) is 11.8 Å². The van der Waals surface area contributed by atoms with Gasteiger partial charge in [0.05, 0.1) is 11.8 Å². The topological polar surface area (TPSA) is 37.3 Å². The predicted molar refractivity (Wildman–Crippen MR) is 25.3 cm³/mol. The van der Waals surface area contributed by atoms with Gasteiger partial charge in [0.25, 0.3) is 0 Å². The first-order chi connectivity index (χ1) is 4.43. The lowest BCUT2D eigenvalue weighted by Crippen LogP contribution is -2.14. The number of rotatable bonds is 1. The highest BCUT2D eigenvalue weighted by molar-refractivity contribution is 5.73. The van der Waals surface area contributed by atoms with Gasteiger partial charge in [-0.05, 0) is 6.42 Å². The first kappa shape index (κ1) is 7.37. The summed E-state index contributed by atoms with van der Waals surface area (Å²) < 4.78 is 34.8. The molecule has 1 aliphatic carbocycles. The fourth-order valence-electron chi connectivity index (χ4n) is 0.830. The van der Waals surface area contributed by atoms with Crippen molar-refractivity contribution in [2.45, 2.75) is 12.6 Å². The summed E-state index contributed by atoms with van der Waals surface area (Å²) in [6.45, 7) is 0. The molecule has 58 valence electrons. The third-order valence-electron chi connectivity index (χ3n) is 1.53. The summed E-state index contributed by atoms with van der Waals surface area (Å²) in [7, 11) is 0. The molecule has 0 radical (unpaired) electrons. The average Bonchev–Trinajstić information content (AvgIpc) is 2.35. The molecular weight excluding hydrogens is 149 g/mol. The van der Waals surface area contributed by atoms with Crippen LogP contribution in [0.1, 0.15) is 6.42 Å². The van der Waals surface area contributed by atoms with Crippen LogP contribution in [0.5, 0.6) is 0 Å². The van der Waals surface area contributed by atoms with E-state index in [9.17, 15) is 18.0 Å². The van der Waals surface area contributed by atoms with Crippen LogP contribution in [0.3, 0.4) is 0 Å². The van der Waals surface area contributed by atoms with Gasteiger partial charge in [-0.1, -0.05) is 0 Å². The van der Waals surface area contributed by atoms with Gasteiger partial charge in [0.2, 0.25) is 0 Å². The zero-order valence-corrected chi connectivity index (χ0v) is 4.85. The van der Waals surface area contributed by atoms with Gasteiger partial charge in [0.15, 0.2) is 0 Å². The molecule has 1 unspecified atom stereocenters. The largest absolute Gasteiger partial charge is 0.481 e. The van der Waals surface area contributed by atoms with Crippen LogP contribution in [0.15, 0.2) is 0 Å². The molecule has 0 bridgehead atoms. The SMILES string of the molecule is O=C(O)[C@@H]1CC1C(F)(F)F. The normalized spacial score (nSPS) is 31.9. The van der Waals surface area contributed by atoms with Crippen LogP contribution in [-0.4, -0.2) is 17.3 Å². The van der Waals surface area contributed by atoms with Crippen molar-refractivity contribution in [1.82, 2.24) is 0 Å². The number of carboxylic acids is 1. The zero-order valence-electron chi connectivity index (χ0n) is 4.85. The third kappa shape index (κ3) is 1.22. The molecule has 1 N–H and O–H groups in total. The van der Waals surface area contributed by atoms with E-state index in [0.717, 1.165) is 0 Å². The maximum absolute atomic E-state index is 11.6. The number of alkyl halides is 3. The third-order valence-corrected chi connectivity index (χ3v) is 1.53. The smallest absolute Gasteiger partial charge is 0.392 e. The van der Waals surface area contributed by atoms with Gasteiger partial charge in [-0.25, -0.2) is 0 Å². The molecule has 0 aromatic rings. The second-order valence-corrected chi connectivity index (χ2v) is 2.33. The second-order valence-electron chi connectivity index (χ2n) is 2.33. The number of aliphatic carboxylic acids is 1. The number of carbonyl (C=O) groups is 1. The molecule has 0 aliphatic heterocycles. The van der Waals surface area contributed by atoms with Gasteiger partial charge in [-0.15, -0.1) is 0 Å². The Hall–Kier alpha value is -0.740. The van der Waals surface area contributed by atoms with E-state index in [4.69, 9.17) is 5.11 Å². The molecule has 0 aromatic heterocycles. The van der Waals surface area contributed by atoms with Crippen molar-refractivity contribution < 1.29 is 23.1 Å². The molecule has 0 aromatic carbocycles. The van der Waals surface area contributed by atoms with E-state index < -0.39 is 24.0 Å². The van der Waals surface area contributed by atoms with Crippen LogP contribution in [-0.2, 0) is 4.79 Å². The quantitative estimate of drug-likeness (QED) is 0.617. The van der Waals surface area contributed by atoms with Crippen molar-refractivity contribution in [3.8, 4) is 0 Å². The Kier molecular flexibility index (Phi) is 1.38. The molecule has 2 atom stereocenters. The van der Waals surface area contributed by atoms with E-state index in [1.807, 2.05) is 0 Å². The lowest BCUT2D eigenvalue weighted by atomic mass is 10.3. The molecule has 1 saturated carbocycles. The first-order valence-electron chi connectivity index (χ1n) is 2.72. The van der Waals surface area contributed by atoms with Gasteiger partial charge in [0, 0.05) is 0 Å². The molecule has 5 heteroatoms. The molecule has 0 heterocycles. The van der Waals surface area contributed by atoms with Gasteiger partial charge < -0.3 is 5.11 Å². The van der Waals surface area contributed by atoms with E-state index in [1.165, 1.54) is 0 Å². The summed E-state index contributed by atoms with van der Waals surface area (Å²) in [5.41, 5.74) is 0. The minimum absolute atomic E-state index is 0.251. The van der Waals surface area contributed by atoms with E-state index in [1.54, 1.807) is 0 Å². The van der Waals surface area contributed by atoms with Crippen molar-refractivity contribution in [2.24, 2.45) is 11.8 Å². The Morgan fingerprint density at radius 2 is 2.00 bits per heavy atom. The zero-order chi connectivity index (χ0) is 7.94.